The second kappa shape index (κ2) is 6.12. The summed E-state index contributed by atoms with van der Waals surface area (Å²) in [5.41, 5.74) is 3.43. The van der Waals surface area contributed by atoms with Crippen LogP contribution in [-0.4, -0.2) is 10.1 Å². The minimum absolute atomic E-state index is 0.531. The van der Waals surface area contributed by atoms with Gasteiger partial charge in [-0.15, -0.1) is 0 Å². The summed E-state index contributed by atoms with van der Waals surface area (Å²) in [5, 5.41) is 6.77. The molecule has 2 N–H and O–H groups in total. The second-order valence-electron chi connectivity index (χ2n) is 4.19. The molecule has 19 heavy (non-hydrogen) atoms. The number of anilines is 2. The highest BCUT2D eigenvalue weighted by atomic mass is 79.9. The lowest BCUT2D eigenvalue weighted by molar-refractivity contribution is 1.30. The number of thiocarbonyl (C=S) groups is 1. The zero-order valence-corrected chi connectivity index (χ0v) is 13.1. The number of aromatic nitrogens is 1. The topological polar surface area (TPSA) is 37.0 Å². The fourth-order valence-corrected chi connectivity index (χ4v) is 2.06. The van der Waals surface area contributed by atoms with E-state index < -0.39 is 0 Å². The molecule has 0 saturated carbocycles. The van der Waals surface area contributed by atoms with E-state index in [2.05, 4.69) is 51.5 Å². The van der Waals surface area contributed by atoms with Gasteiger partial charge in [-0.2, -0.15) is 0 Å². The Balaban J connectivity index is 2.05. The van der Waals surface area contributed by atoms with Gasteiger partial charge < -0.3 is 10.6 Å². The summed E-state index contributed by atoms with van der Waals surface area (Å²) in [6.07, 6.45) is 1.73. The third-order valence-electron chi connectivity index (χ3n) is 2.82. The normalized spacial score (nSPS) is 10.1. The summed E-state index contributed by atoms with van der Waals surface area (Å²) in [5.74, 6) is 0.714. The molecule has 1 aromatic heterocycles. The molecule has 0 aliphatic rings. The lowest BCUT2D eigenvalue weighted by Crippen LogP contribution is -2.20. The van der Waals surface area contributed by atoms with Crippen LogP contribution in [0.3, 0.4) is 0 Å². The van der Waals surface area contributed by atoms with Crippen LogP contribution in [0.1, 0.15) is 11.1 Å². The van der Waals surface area contributed by atoms with Gasteiger partial charge in [0.1, 0.15) is 5.82 Å². The monoisotopic (exact) mass is 335 g/mol. The molecule has 1 aromatic carbocycles. The van der Waals surface area contributed by atoms with Crippen LogP contribution >= 0.6 is 28.1 Å². The predicted molar refractivity (Wildman–Crippen MR) is 87.7 cm³/mol. The molecule has 0 aliphatic carbocycles. The molecule has 2 aromatic rings. The number of halogens is 1. The maximum Gasteiger partial charge on any atom is 0.176 e. The zero-order valence-electron chi connectivity index (χ0n) is 10.7. The highest BCUT2D eigenvalue weighted by Gasteiger charge is 2.03. The summed E-state index contributed by atoms with van der Waals surface area (Å²) >= 11 is 8.62. The molecule has 5 heteroatoms. The zero-order chi connectivity index (χ0) is 13.8. The van der Waals surface area contributed by atoms with E-state index in [-0.39, 0.29) is 0 Å². The van der Waals surface area contributed by atoms with E-state index in [9.17, 15) is 0 Å². The number of nitrogens with one attached hydrogen (secondary N) is 2. The van der Waals surface area contributed by atoms with Gasteiger partial charge in [0, 0.05) is 16.4 Å². The molecule has 0 saturated heterocycles. The molecule has 3 nitrogen and oxygen atoms in total. The minimum Gasteiger partial charge on any atom is -0.332 e. The largest absolute Gasteiger partial charge is 0.332 e. The van der Waals surface area contributed by atoms with Crippen LogP contribution in [0, 0.1) is 13.8 Å². The molecule has 0 amide bonds. The van der Waals surface area contributed by atoms with E-state index in [1.54, 1.807) is 6.20 Å². The van der Waals surface area contributed by atoms with Crippen molar-refractivity contribution in [2.45, 2.75) is 13.8 Å². The predicted octanol–water partition coefficient (Wildman–Crippen LogP) is 4.27. The Morgan fingerprint density at radius 1 is 1.16 bits per heavy atom. The van der Waals surface area contributed by atoms with E-state index >= 15 is 0 Å². The maximum atomic E-state index is 5.28. The van der Waals surface area contributed by atoms with Crippen LogP contribution in [0.4, 0.5) is 11.5 Å². The van der Waals surface area contributed by atoms with Crippen molar-refractivity contribution in [2.24, 2.45) is 0 Å². The van der Waals surface area contributed by atoms with E-state index in [1.165, 1.54) is 11.1 Å². The summed E-state index contributed by atoms with van der Waals surface area (Å²) in [7, 11) is 0. The van der Waals surface area contributed by atoms with Crippen molar-refractivity contribution in [1.29, 1.82) is 0 Å². The Morgan fingerprint density at radius 3 is 2.63 bits per heavy atom. The fraction of sp³-hybridized carbons (Fsp3) is 0.143. The molecule has 0 unspecified atom stereocenters. The van der Waals surface area contributed by atoms with Gasteiger partial charge in [0.15, 0.2) is 5.11 Å². The second-order valence-corrected chi connectivity index (χ2v) is 5.51. The molecule has 0 spiro atoms. The standard InChI is InChI=1S/C14H14BrN3S/c1-9-4-3-5-12(10(9)2)17-14(19)18-13-7-6-11(15)8-16-13/h3-8H,1-2H3,(H2,16,17,18,19). The minimum atomic E-state index is 0.531. The molecular formula is C14H14BrN3S. The first-order valence-corrected chi connectivity index (χ1v) is 7.02. The van der Waals surface area contributed by atoms with Gasteiger partial charge >= 0.3 is 0 Å². The van der Waals surface area contributed by atoms with Crippen molar-refractivity contribution in [2.75, 3.05) is 10.6 Å². The number of hydrogen-bond acceptors (Lipinski definition) is 2. The van der Waals surface area contributed by atoms with Crippen LogP contribution in [0.5, 0.6) is 0 Å². The average Bonchev–Trinajstić information content (AvgIpc) is 2.38. The van der Waals surface area contributed by atoms with Crippen LogP contribution in [0.15, 0.2) is 41.0 Å². The summed E-state index contributed by atoms with van der Waals surface area (Å²) in [6, 6.07) is 9.86. The van der Waals surface area contributed by atoms with Crippen molar-refractivity contribution in [3.63, 3.8) is 0 Å². The SMILES string of the molecule is Cc1cccc(NC(=S)Nc2ccc(Br)cn2)c1C. The molecule has 0 atom stereocenters. The molecule has 0 bridgehead atoms. The number of benzene rings is 1. The van der Waals surface area contributed by atoms with Crippen LogP contribution in [-0.2, 0) is 0 Å². The summed E-state index contributed by atoms with van der Waals surface area (Å²) in [4.78, 5) is 4.21. The first kappa shape index (κ1) is 14.0. The van der Waals surface area contributed by atoms with E-state index in [0.29, 0.717) is 10.9 Å². The maximum absolute atomic E-state index is 5.28. The molecular weight excluding hydrogens is 322 g/mol. The molecule has 0 aliphatic heterocycles. The third kappa shape index (κ3) is 3.75. The lowest BCUT2D eigenvalue weighted by atomic mass is 10.1. The van der Waals surface area contributed by atoms with Gasteiger partial charge in [0.2, 0.25) is 0 Å². The third-order valence-corrected chi connectivity index (χ3v) is 3.50. The number of nitrogens with zero attached hydrogens (tertiary/aromatic N) is 1. The Hall–Kier alpha value is -1.46. The van der Waals surface area contributed by atoms with Crippen LogP contribution in [0.25, 0.3) is 0 Å². The molecule has 2 rings (SSSR count). The number of pyridine rings is 1. The molecule has 0 radical (unpaired) electrons. The van der Waals surface area contributed by atoms with Crippen molar-refractivity contribution in [3.05, 3.63) is 52.1 Å². The first-order valence-electron chi connectivity index (χ1n) is 5.82. The molecule has 98 valence electrons. The van der Waals surface area contributed by atoms with Crippen molar-refractivity contribution < 1.29 is 0 Å². The van der Waals surface area contributed by atoms with Gasteiger partial charge in [-0.1, -0.05) is 12.1 Å². The van der Waals surface area contributed by atoms with Gasteiger partial charge in [0.25, 0.3) is 0 Å². The Labute approximate surface area is 126 Å². The van der Waals surface area contributed by atoms with Crippen LogP contribution in [0.2, 0.25) is 0 Å². The van der Waals surface area contributed by atoms with Crippen molar-refractivity contribution >= 4 is 44.8 Å². The van der Waals surface area contributed by atoms with E-state index in [4.69, 9.17) is 12.2 Å². The van der Waals surface area contributed by atoms with Crippen LogP contribution < -0.4 is 10.6 Å². The summed E-state index contributed by atoms with van der Waals surface area (Å²) < 4.78 is 0.937. The lowest BCUT2D eigenvalue weighted by Gasteiger charge is -2.13. The molecule has 0 fully saturated rings. The van der Waals surface area contributed by atoms with Gasteiger partial charge in [-0.3, -0.25) is 0 Å². The van der Waals surface area contributed by atoms with Gasteiger partial charge in [0.05, 0.1) is 0 Å². The van der Waals surface area contributed by atoms with Gasteiger partial charge in [-0.25, -0.2) is 4.98 Å². The summed E-state index contributed by atoms with van der Waals surface area (Å²) in [6.45, 7) is 4.14. The number of aryl methyl sites for hydroxylation is 1. The molecule has 1 heterocycles. The van der Waals surface area contributed by atoms with Crippen molar-refractivity contribution in [1.82, 2.24) is 4.98 Å². The smallest absolute Gasteiger partial charge is 0.176 e. The Kier molecular flexibility index (Phi) is 4.50. The number of hydrogen-bond donors (Lipinski definition) is 2. The quantitative estimate of drug-likeness (QED) is 0.803. The number of rotatable bonds is 2. The Bertz CT molecular complexity index is 596. The van der Waals surface area contributed by atoms with Crippen molar-refractivity contribution in [3.8, 4) is 0 Å². The first-order chi connectivity index (χ1) is 9.06. The fourth-order valence-electron chi connectivity index (χ4n) is 1.61. The highest BCUT2D eigenvalue weighted by molar-refractivity contribution is 9.10. The van der Waals surface area contributed by atoms with E-state index in [1.807, 2.05) is 24.3 Å². The van der Waals surface area contributed by atoms with Gasteiger partial charge in [-0.05, 0) is 71.3 Å². The highest BCUT2D eigenvalue weighted by Crippen LogP contribution is 2.18. The van der Waals surface area contributed by atoms with E-state index in [0.717, 1.165) is 10.2 Å². The Morgan fingerprint density at radius 2 is 1.95 bits per heavy atom. The average molecular weight is 336 g/mol.